The molecule has 0 amide bonds. The summed E-state index contributed by atoms with van der Waals surface area (Å²) in [4.78, 5) is 21.7. The molecule has 0 atom stereocenters. The fourth-order valence-electron chi connectivity index (χ4n) is 27.2. The number of fused-ring (bicyclic) bond motifs is 20. The third kappa shape index (κ3) is 24.2. The summed E-state index contributed by atoms with van der Waals surface area (Å²) >= 11 is 10.5. The first kappa shape index (κ1) is 109. The normalized spacial score (nSPS) is 14.3. The van der Waals surface area contributed by atoms with E-state index in [9.17, 15) is 0 Å². The van der Waals surface area contributed by atoms with Gasteiger partial charge in [-0.2, -0.15) is 0 Å². The van der Waals surface area contributed by atoms with Crippen molar-refractivity contribution in [3.8, 4) is 89.0 Å². The topological polar surface area (TPSA) is 57.4 Å². The fourth-order valence-corrected chi connectivity index (χ4v) is 29.2. The molecule has 8 aromatic carbocycles. The number of aromatic nitrogens is 4. The number of H-pyrrole nitrogens is 2. The number of halogens is 4. The van der Waals surface area contributed by atoms with Crippen LogP contribution in [-0.4, -0.2) is 19.9 Å². The molecule has 2 N–H and O–H groups in total. The third-order valence-electron chi connectivity index (χ3n) is 34.9. The Morgan fingerprint density at radius 2 is 0.333 bits per heavy atom. The van der Waals surface area contributed by atoms with E-state index in [4.69, 9.17) is 9.97 Å². The Kier molecular flexibility index (Phi) is 39.8. The molecule has 11 aromatic rings. The predicted octanol–water partition coefficient (Wildman–Crippen LogP) is 44.8. The second-order valence-corrected chi connectivity index (χ2v) is 49.8. The van der Waals surface area contributed by atoms with Gasteiger partial charge in [0, 0.05) is 80.3 Å². The minimum atomic E-state index is -0.143. The van der Waals surface area contributed by atoms with Crippen molar-refractivity contribution in [1.82, 2.24) is 19.9 Å². The van der Waals surface area contributed by atoms with Crippen LogP contribution >= 0.6 is 90.4 Å². The highest BCUT2D eigenvalue weighted by atomic mass is 127. The molecule has 8 bridgehead atoms. The van der Waals surface area contributed by atoms with E-state index in [-0.39, 0.29) is 21.7 Å². The van der Waals surface area contributed by atoms with Gasteiger partial charge in [-0.1, -0.05) is 436 Å². The van der Waals surface area contributed by atoms with Gasteiger partial charge in [-0.3, -0.25) is 0 Å². The van der Waals surface area contributed by atoms with Crippen LogP contribution in [0.15, 0.2) is 170 Å². The van der Waals surface area contributed by atoms with E-state index in [0.29, 0.717) is 0 Å². The van der Waals surface area contributed by atoms with Crippen molar-refractivity contribution in [2.24, 2.45) is 0 Å². The van der Waals surface area contributed by atoms with Crippen LogP contribution in [0.1, 0.15) is 482 Å². The summed E-state index contributed by atoms with van der Waals surface area (Å²) in [5.41, 5.74) is 40.8. The molecule has 0 spiro atoms. The zero-order valence-electron chi connectivity index (χ0n) is 89.5. The molecule has 3 aromatic heterocycles. The highest BCUT2D eigenvalue weighted by Crippen LogP contribution is 2.62. The number of benzene rings is 8. The molecule has 6 aliphatic rings. The van der Waals surface area contributed by atoms with Crippen molar-refractivity contribution >= 4 is 137 Å². The Morgan fingerprint density at radius 1 is 0.181 bits per heavy atom. The molecule has 4 aliphatic carbocycles. The van der Waals surface area contributed by atoms with E-state index < -0.39 is 0 Å². The van der Waals surface area contributed by atoms with Crippen molar-refractivity contribution < 1.29 is 0 Å². The van der Waals surface area contributed by atoms with Crippen molar-refractivity contribution in [2.75, 3.05) is 0 Å². The first-order valence-corrected chi connectivity index (χ1v) is 63.0. The first-order chi connectivity index (χ1) is 70.7. The van der Waals surface area contributed by atoms with Crippen LogP contribution in [0, 0.1) is 14.3 Å². The number of aromatic amines is 2. The summed E-state index contributed by atoms with van der Waals surface area (Å²) < 4.78 is 5.33. The quantitative estimate of drug-likeness (QED) is 0.0295. The molecule has 8 heteroatoms. The van der Waals surface area contributed by atoms with E-state index in [2.05, 4.69) is 350 Å². The molecule has 2 aliphatic heterocycles. The second-order valence-electron chi connectivity index (χ2n) is 44.8. The molecule has 144 heavy (non-hydrogen) atoms. The Bertz CT molecular complexity index is 5580. The second kappa shape index (κ2) is 52.8. The molecule has 762 valence electrons. The van der Waals surface area contributed by atoms with Gasteiger partial charge in [-0.15, -0.1) is 0 Å². The highest BCUT2D eigenvalue weighted by molar-refractivity contribution is 14.1. The zero-order valence-corrected chi connectivity index (χ0v) is 98.1. The van der Waals surface area contributed by atoms with Crippen molar-refractivity contribution in [3.05, 3.63) is 251 Å². The van der Waals surface area contributed by atoms with E-state index in [1.807, 2.05) is 0 Å². The van der Waals surface area contributed by atoms with E-state index in [1.165, 1.54) is 411 Å². The van der Waals surface area contributed by atoms with Gasteiger partial charge in [0.2, 0.25) is 0 Å². The van der Waals surface area contributed by atoms with Crippen molar-refractivity contribution in [3.63, 3.8) is 0 Å². The molecule has 0 saturated carbocycles. The van der Waals surface area contributed by atoms with Crippen LogP contribution < -0.4 is 0 Å². The number of nitrogens with one attached hydrogen (secondary N) is 2. The summed E-state index contributed by atoms with van der Waals surface area (Å²) in [6.45, 7) is 18.9. The molecule has 0 radical (unpaired) electrons. The molecule has 5 heterocycles. The largest absolute Gasteiger partial charge is 0.354 e. The lowest BCUT2D eigenvalue weighted by Gasteiger charge is -2.33. The SMILES string of the molecule is CCCCCCCCC1(CCCCCCCC)c2cc(I)ccc2-c2ccc(-c3c4nc(c(-c5ccc6c(c5)C(CCCCCCCC)(CCCCCCCC)c5cc(I)ccc5-6)c5ccc([nH]5)c(-c5ccc6c(c5)C(CCCCCCCC)(CCCCCCCC)c5cc(I)ccc5-6)c5nc(c(-c6ccc7c(c6)C(CCCCCCCC)(CCCCCCCC)c6cc(I)ccc6-7)c6ccc3[nH]6)C=C5)C=C4)cc21. The molecule has 0 fully saturated rings. The smallest absolute Gasteiger partial charge is 0.0737 e. The molecule has 0 saturated heterocycles. The lowest BCUT2D eigenvalue weighted by atomic mass is 9.70. The molecular weight excluding hydrogens is 2200 g/mol. The summed E-state index contributed by atoms with van der Waals surface area (Å²) in [6, 6.07) is 70.9. The first-order valence-electron chi connectivity index (χ1n) is 58.7. The summed E-state index contributed by atoms with van der Waals surface area (Å²) in [5, 5.41) is 0. The Hall–Kier alpha value is -6.72. The van der Waals surface area contributed by atoms with Crippen LogP contribution in [0.5, 0.6) is 0 Å². The van der Waals surface area contributed by atoms with Crippen LogP contribution in [-0.2, 0) is 21.7 Å². The average molecular weight is 2370 g/mol. The summed E-state index contributed by atoms with van der Waals surface area (Å²) in [5.74, 6) is 0. The van der Waals surface area contributed by atoms with E-state index >= 15 is 0 Å². The zero-order chi connectivity index (χ0) is 99.8. The van der Waals surface area contributed by atoms with Crippen LogP contribution in [0.25, 0.3) is 135 Å². The van der Waals surface area contributed by atoms with Crippen LogP contribution in [0.3, 0.4) is 0 Å². The molecule has 17 rings (SSSR count). The van der Waals surface area contributed by atoms with Gasteiger partial charge in [0.1, 0.15) is 0 Å². The van der Waals surface area contributed by atoms with Crippen molar-refractivity contribution in [2.45, 2.75) is 437 Å². The Morgan fingerprint density at radius 3 is 0.507 bits per heavy atom. The Labute approximate surface area is 924 Å². The minimum absolute atomic E-state index is 0.143. The van der Waals surface area contributed by atoms with Crippen LogP contribution in [0.4, 0.5) is 0 Å². The maximum atomic E-state index is 6.39. The molecule has 4 nitrogen and oxygen atoms in total. The van der Waals surface area contributed by atoms with Gasteiger partial charge in [0.15, 0.2) is 0 Å². The van der Waals surface area contributed by atoms with E-state index in [1.54, 1.807) is 22.3 Å². The monoisotopic (exact) mass is 2370 g/mol. The Balaban J connectivity index is 0.955. The maximum Gasteiger partial charge on any atom is 0.0737 e. The minimum Gasteiger partial charge on any atom is -0.354 e. The van der Waals surface area contributed by atoms with Gasteiger partial charge in [-0.25, -0.2) is 9.97 Å². The van der Waals surface area contributed by atoms with Gasteiger partial charge >= 0.3 is 0 Å². The number of hydrogen-bond donors (Lipinski definition) is 2. The number of hydrogen-bond acceptors (Lipinski definition) is 2. The standard InChI is InChI=1S/C136H170I4N4/c1-9-17-25-33-41-49-81-133(82-50-42-34-26-18-10-2)113-89-97(57-65-105(113)109-69-61-101(137)93-117(109)133)129-121-73-75-123(141-121)130(98-58-66-106-110-70-62-102(138)94-118(110)134(114(106)90-98,83-51-43-35-27-19-11-3)84-52-44-36-28-20-12-4)125-77-79-127(143-125)132(100-60-68-108-112-72-64-104(140)96-120(112)136(116(108)92-100,87-55-47-39-31-23-15-7)88-56-48-40-32-24-16-8)128-80-78-126(144-128)131(124-76-74-122(129)142-124)99-59-67-107-111-71-63-103(139)95-119(111)135(115(107)91-99,85-53-45-37-29-21-13-5)86-54-46-38-30-22-14-6/h57-80,89-96,141,144H,9-56,81-88H2,1-8H3. The van der Waals surface area contributed by atoms with Gasteiger partial charge in [-0.05, 0) is 374 Å². The van der Waals surface area contributed by atoms with Gasteiger partial charge < -0.3 is 9.97 Å². The number of nitrogens with zero attached hydrogens (tertiary/aromatic N) is 2. The lowest BCUT2D eigenvalue weighted by Crippen LogP contribution is -2.25. The molecular formula is C136H170I4N4. The number of unbranched alkanes of at least 4 members (excludes halogenated alkanes) is 40. The summed E-state index contributed by atoms with van der Waals surface area (Å²) in [7, 11) is 0. The van der Waals surface area contributed by atoms with Crippen LogP contribution in [0.2, 0.25) is 0 Å². The molecule has 0 unspecified atom stereocenters. The average Bonchev–Trinajstić information content (AvgIpc) is 1.58. The number of rotatable bonds is 60. The lowest BCUT2D eigenvalue weighted by molar-refractivity contribution is 0.398. The van der Waals surface area contributed by atoms with E-state index in [0.717, 1.165) is 118 Å². The van der Waals surface area contributed by atoms with Crippen molar-refractivity contribution in [1.29, 1.82) is 0 Å². The summed E-state index contributed by atoms with van der Waals surface area (Å²) in [6.07, 6.45) is 80.3. The van der Waals surface area contributed by atoms with Gasteiger partial charge in [0.05, 0.1) is 22.8 Å². The maximum absolute atomic E-state index is 6.39. The third-order valence-corrected chi connectivity index (χ3v) is 37.5. The van der Waals surface area contributed by atoms with Gasteiger partial charge in [0.25, 0.3) is 0 Å². The fraction of sp³-hybridized carbons (Fsp3) is 0.500. The predicted molar refractivity (Wildman–Crippen MR) is 660 cm³/mol. The highest BCUT2D eigenvalue weighted by Gasteiger charge is 2.48.